The van der Waals surface area contributed by atoms with Crippen LogP contribution in [0.3, 0.4) is 0 Å². The van der Waals surface area contributed by atoms with Gasteiger partial charge in [0.25, 0.3) is 5.91 Å². The zero-order valence-electron chi connectivity index (χ0n) is 14.8. The minimum absolute atomic E-state index is 0.258. The number of cyclic esters (lactones) is 1. The summed E-state index contributed by atoms with van der Waals surface area (Å²) in [6.45, 7) is 1.94. The lowest BCUT2D eigenvalue weighted by atomic mass is 9.93. The van der Waals surface area contributed by atoms with Gasteiger partial charge in [0.15, 0.2) is 0 Å². The fourth-order valence-electron chi connectivity index (χ4n) is 3.18. The van der Waals surface area contributed by atoms with E-state index in [1.54, 1.807) is 30.5 Å². The van der Waals surface area contributed by atoms with E-state index in [1.807, 2.05) is 43.3 Å². The zero-order valence-corrected chi connectivity index (χ0v) is 14.8. The number of nitrogens with zero attached hydrogens (tertiary/aromatic N) is 1. The van der Waals surface area contributed by atoms with Crippen LogP contribution in [0, 0.1) is 6.92 Å². The number of carbonyl (C=O) groups is 2. The second kappa shape index (κ2) is 7.03. The quantitative estimate of drug-likeness (QED) is 0.716. The molecule has 0 bridgehead atoms. The third-order valence-corrected chi connectivity index (χ3v) is 4.57. The van der Waals surface area contributed by atoms with Gasteiger partial charge in [-0.15, -0.1) is 0 Å². The number of ether oxygens (including phenoxy) is 1. The number of benzene rings is 2. The Morgan fingerprint density at radius 1 is 1.11 bits per heavy atom. The van der Waals surface area contributed by atoms with Gasteiger partial charge in [0.05, 0.1) is 5.56 Å². The van der Waals surface area contributed by atoms with Crippen molar-refractivity contribution in [3.8, 4) is 0 Å². The van der Waals surface area contributed by atoms with Crippen LogP contribution in [0.15, 0.2) is 66.9 Å². The van der Waals surface area contributed by atoms with Crippen LogP contribution < -0.4 is 5.32 Å². The van der Waals surface area contributed by atoms with Crippen molar-refractivity contribution in [1.29, 1.82) is 0 Å². The van der Waals surface area contributed by atoms with E-state index in [9.17, 15) is 9.59 Å². The molecular weight excluding hydrogens is 340 g/mol. The standard InChI is InChI=1S/C22H18N2O3/c1-14-9-10-23-20(11-14)24-21(25)16-7-8-18-17(12-16)13-19(27-22(18)26)15-5-3-2-4-6-15/h2-12,19H,13H2,1H3,(H,23,24,25). The summed E-state index contributed by atoms with van der Waals surface area (Å²) in [5, 5.41) is 2.79. The van der Waals surface area contributed by atoms with E-state index in [4.69, 9.17) is 4.74 Å². The van der Waals surface area contributed by atoms with Crippen molar-refractivity contribution in [1.82, 2.24) is 4.98 Å². The molecule has 0 aliphatic carbocycles. The first kappa shape index (κ1) is 17.0. The first-order valence-electron chi connectivity index (χ1n) is 8.73. The summed E-state index contributed by atoms with van der Waals surface area (Å²) >= 11 is 0. The maximum Gasteiger partial charge on any atom is 0.339 e. The van der Waals surface area contributed by atoms with E-state index in [1.165, 1.54) is 0 Å². The van der Waals surface area contributed by atoms with Crippen LogP contribution in [0.2, 0.25) is 0 Å². The Kier molecular flexibility index (Phi) is 4.42. The van der Waals surface area contributed by atoms with Crippen molar-refractivity contribution >= 4 is 17.7 Å². The molecule has 1 aliphatic heterocycles. The predicted molar refractivity (Wildman–Crippen MR) is 102 cm³/mol. The highest BCUT2D eigenvalue weighted by Gasteiger charge is 2.28. The van der Waals surface area contributed by atoms with Crippen molar-refractivity contribution in [3.63, 3.8) is 0 Å². The first-order chi connectivity index (χ1) is 13.1. The number of pyridine rings is 1. The summed E-state index contributed by atoms with van der Waals surface area (Å²) in [5.41, 5.74) is 3.76. The van der Waals surface area contributed by atoms with Gasteiger partial charge in [-0.3, -0.25) is 4.79 Å². The molecule has 2 aromatic carbocycles. The van der Waals surface area contributed by atoms with Gasteiger partial charge in [-0.1, -0.05) is 30.3 Å². The molecule has 1 N–H and O–H groups in total. The van der Waals surface area contributed by atoms with Crippen LogP contribution in [-0.4, -0.2) is 16.9 Å². The van der Waals surface area contributed by atoms with Gasteiger partial charge in [0.1, 0.15) is 11.9 Å². The summed E-state index contributed by atoms with van der Waals surface area (Å²) in [6, 6.07) is 18.3. The molecule has 5 nitrogen and oxygen atoms in total. The third-order valence-electron chi connectivity index (χ3n) is 4.57. The largest absolute Gasteiger partial charge is 0.454 e. The number of fused-ring (bicyclic) bond motifs is 1. The van der Waals surface area contributed by atoms with Crippen LogP contribution >= 0.6 is 0 Å². The highest BCUT2D eigenvalue weighted by molar-refractivity contribution is 6.05. The number of esters is 1. The molecular formula is C22H18N2O3. The lowest BCUT2D eigenvalue weighted by molar-refractivity contribution is 0.0252. The molecule has 5 heteroatoms. The number of aryl methyl sites for hydroxylation is 1. The summed E-state index contributed by atoms with van der Waals surface area (Å²) in [5.74, 6) is -0.122. The fraction of sp³-hybridized carbons (Fsp3) is 0.136. The second-order valence-electron chi connectivity index (χ2n) is 6.55. The van der Waals surface area contributed by atoms with Crippen molar-refractivity contribution in [2.75, 3.05) is 5.32 Å². The van der Waals surface area contributed by atoms with Crippen LogP contribution in [-0.2, 0) is 11.2 Å². The number of rotatable bonds is 3. The summed E-state index contributed by atoms with van der Waals surface area (Å²) in [6.07, 6.45) is 1.84. The third kappa shape index (κ3) is 3.58. The summed E-state index contributed by atoms with van der Waals surface area (Å²) in [4.78, 5) is 29.1. The maximum absolute atomic E-state index is 12.6. The molecule has 2 heterocycles. The average Bonchev–Trinajstić information content (AvgIpc) is 2.68. The fourth-order valence-corrected chi connectivity index (χ4v) is 3.18. The number of carbonyl (C=O) groups excluding carboxylic acids is 2. The van der Waals surface area contributed by atoms with Crippen molar-refractivity contribution < 1.29 is 14.3 Å². The minimum Gasteiger partial charge on any atom is -0.454 e. The summed E-state index contributed by atoms with van der Waals surface area (Å²) < 4.78 is 5.56. The van der Waals surface area contributed by atoms with Crippen molar-refractivity contribution in [2.45, 2.75) is 19.4 Å². The molecule has 0 saturated heterocycles. The van der Waals surface area contributed by atoms with Crippen LogP contribution in [0.5, 0.6) is 0 Å². The van der Waals surface area contributed by atoms with Gasteiger partial charge >= 0.3 is 5.97 Å². The van der Waals surface area contributed by atoms with Gasteiger partial charge in [0.2, 0.25) is 0 Å². The van der Waals surface area contributed by atoms with E-state index in [2.05, 4.69) is 10.3 Å². The smallest absolute Gasteiger partial charge is 0.339 e. The molecule has 0 spiro atoms. The zero-order chi connectivity index (χ0) is 18.8. The first-order valence-corrected chi connectivity index (χ1v) is 8.73. The number of nitrogens with one attached hydrogen (secondary N) is 1. The number of hydrogen-bond donors (Lipinski definition) is 1. The van der Waals surface area contributed by atoms with Gasteiger partial charge in [0, 0.05) is 18.2 Å². The van der Waals surface area contributed by atoms with E-state index >= 15 is 0 Å². The molecule has 1 atom stereocenters. The van der Waals surface area contributed by atoms with Crippen LogP contribution in [0.4, 0.5) is 5.82 Å². The Labute approximate surface area is 157 Å². The minimum atomic E-state index is -0.364. The van der Waals surface area contributed by atoms with Gasteiger partial charge in [-0.2, -0.15) is 0 Å². The lowest BCUT2D eigenvalue weighted by Crippen LogP contribution is -2.23. The predicted octanol–water partition coefficient (Wildman–Crippen LogP) is 4.10. The molecule has 1 aliphatic rings. The Morgan fingerprint density at radius 3 is 2.70 bits per heavy atom. The average molecular weight is 358 g/mol. The lowest BCUT2D eigenvalue weighted by Gasteiger charge is -2.25. The summed E-state index contributed by atoms with van der Waals surface area (Å²) in [7, 11) is 0. The molecule has 1 unspecified atom stereocenters. The van der Waals surface area contributed by atoms with Crippen LogP contribution in [0.25, 0.3) is 0 Å². The highest BCUT2D eigenvalue weighted by Crippen LogP contribution is 2.31. The number of hydrogen-bond acceptors (Lipinski definition) is 4. The normalized spacial score (nSPS) is 15.6. The van der Waals surface area contributed by atoms with Crippen molar-refractivity contribution in [2.24, 2.45) is 0 Å². The SMILES string of the molecule is Cc1ccnc(NC(=O)c2ccc3c(c2)CC(c2ccccc2)OC3=O)c1. The molecule has 3 aromatic rings. The molecule has 27 heavy (non-hydrogen) atoms. The number of amides is 1. The van der Waals surface area contributed by atoms with Crippen LogP contribution in [0.1, 0.15) is 43.5 Å². The second-order valence-corrected chi connectivity index (χ2v) is 6.55. The molecule has 1 amide bonds. The molecule has 0 radical (unpaired) electrons. The van der Waals surface area contributed by atoms with E-state index < -0.39 is 0 Å². The highest BCUT2D eigenvalue weighted by atomic mass is 16.5. The molecule has 0 saturated carbocycles. The van der Waals surface area contributed by atoms with E-state index in [0.717, 1.165) is 16.7 Å². The molecule has 0 fully saturated rings. The molecule has 134 valence electrons. The van der Waals surface area contributed by atoms with Crippen molar-refractivity contribution in [3.05, 3.63) is 94.7 Å². The van der Waals surface area contributed by atoms with Gasteiger partial charge in [-0.25, -0.2) is 9.78 Å². The van der Waals surface area contributed by atoms with E-state index in [-0.39, 0.29) is 18.0 Å². The van der Waals surface area contributed by atoms with Gasteiger partial charge < -0.3 is 10.1 Å². The Balaban J connectivity index is 1.59. The monoisotopic (exact) mass is 358 g/mol. The van der Waals surface area contributed by atoms with E-state index in [0.29, 0.717) is 23.4 Å². The maximum atomic E-state index is 12.6. The molecule has 1 aromatic heterocycles. The Bertz CT molecular complexity index is 1020. The van der Waals surface area contributed by atoms with Gasteiger partial charge in [-0.05, 0) is 53.9 Å². The topological polar surface area (TPSA) is 68.3 Å². The Morgan fingerprint density at radius 2 is 1.93 bits per heavy atom. The number of anilines is 1. The number of aromatic nitrogens is 1. The molecule has 4 rings (SSSR count). The Hall–Kier alpha value is -3.47.